The quantitative estimate of drug-likeness (QED) is 0.218. The molecule has 2 rings (SSSR count). The van der Waals surface area contributed by atoms with Crippen LogP contribution in [0.25, 0.3) is 0 Å². The molecule has 0 spiro atoms. The predicted molar refractivity (Wildman–Crippen MR) is 105 cm³/mol. The Kier molecular flexibility index (Phi) is 7.81. The Balaban J connectivity index is 1.80. The zero-order valence-corrected chi connectivity index (χ0v) is 17.0. The molecule has 8 nitrogen and oxygen atoms in total. The Morgan fingerprint density at radius 2 is 0.967 bits per heavy atom. The van der Waals surface area contributed by atoms with Crippen molar-refractivity contribution in [1.29, 1.82) is 0 Å². The Bertz CT molecular complexity index is 821. The molecule has 0 saturated heterocycles. The van der Waals surface area contributed by atoms with Crippen molar-refractivity contribution in [2.75, 3.05) is 0 Å². The molecule has 0 amide bonds. The van der Waals surface area contributed by atoms with Gasteiger partial charge < -0.3 is 9.47 Å². The van der Waals surface area contributed by atoms with Crippen LogP contribution >= 0.6 is 0 Å². The topological polar surface area (TPSA) is 89.5 Å². The summed E-state index contributed by atoms with van der Waals surface area (Å²) in [7, 11) is 0. The lowest BCUT2D eigenvalue weighted by molar-refractivity contribution is -0.299. The van der Waals surface area contributed by atoms with Gasteiger partial charge in [-0.05, 0) is 52.0 Å². The van der Waals surface area contributed by atoms with Crippen molar-refractivity contribution in [2.45, 2.75) is 38.9 Å². The molecule has 0 heterocycles. The zero-order chi connectivity index (χ0) is 22.0. The summed E-state index contributed by atoms with van der Waals surface area (Å²) in [4.78, 5) is 42.7. The summed E-state index contributed by atoms with van der Waals surface area (Å²) >= 11 is 0. The van der Waals surface area contributed by atoms with Crippen LogP contribution in [0.2, 0.25) is 0 Å². The molecule has 158 valence electrons. The summed E-state index contributed by atoms with van der Waals surface area (Å²) in [5, 5.41) is 0. The molecule has 2 aromatic rings. The first-order valence-electron chi connectivity index (χ1n) is 8.95. The Hall–Kier alpha value is -3.54. The first-order valence-corrected chi connectivity index (χ1v) is 8.95. The lowest BCUT2D eigenvalue weighted by Crippen LogP contribution is -2.29. The average molecular weight is 414 g/mol. The number of hydrogen-bond acceptors (Lipinski definition) is 8. The van der Waals surface area contributed by atoms with Gasteiger partial charge in [-0.2, -0.15) is 9.78 Å². The van der Waals surface area contributed by atoms with E-state index in [9.17, 15) is 9.59 Å². The molecule has 0 radical (unpaired) electrons. The Morgan fingerprint density at radius 3 is 1.30 bits per heavy atom. The standard InChI is InChI=1S/C22H22O8/c1-21(2,29-27-19(23)25-17-11-7-5-8-12-17)15-16-22(3,4)30-28-20(24)26-18-13-9-6-10-14-18/h5-14H,1-4H3. The smallest absolute Gasteiger partial charge is 0.393 e. The summed E-state index contributed by atoms with van der Waals surface area (Å²) in [6.45, 7) is 6.26. The van der Waals surface area contributed by atoms with Crippen molar-refractivity contribution < 1.29 is 38.6 Å². The van der Waals surface area contributed by atoms with Crippen LogP contribution in [-0.2, 0) is 19.6 Å². The molecule has 2 aromatic carbocycles. The molecule has 0 bridgehead atoms. The highest BCUT2D eigenvalue weighted by atomic mass is 17.2. The maximum absolute atomic E-state index is 11.7. The SMILES string of the molecule is CC(C)(C#CC(C)(C)OOC(=O)Oc1ccccc1)OOC(=O)Oc1ccccc1. The highest BCUT2D eigenvalue weighted by Gasteiger charge is 2.24. The molecular formula is C22H22O8. The average Bonchev–Trinajstić information content (AvgIpc) is 2.71. The fraction of sp³-hybridized carbons (Fsp3) is 0.273. The molecule has 0 saturated carbocycles. The lowest BCUT2D eigenvalue weighted by Gasteiger charge is -2.19. The maximum Gasteiger partial charge on any atom is 0.546 e. The third kappa shape index (κ3) is 8.65. The van der Waals surface area contributed by atoms with E-state index in [1.54, 1.807) is 88.4 Å². The second kappa shape index (κ2) is 10.3. The van der Waals surface area contributed by atoms with Gasteiger partial charge >= 0.3 is 12.3 Å². The number of rotatable bonds is 6. The largest absolute Gasteiger partial charge is 0.546 e. The van der Waals surface area contributed by atoms with Crippen LogP contribution in [0.15, 0.2) is 60.7 Å². The van der Waals surface area contributed by atoms with E-state index in [0.29, 0.717) is 11.5 Å². The fourth-order valence-electron chi connectivity index (χ4n) is 1.82. The van der Waals surface area contributed by atoms with Gasteiger partial charge in [-0.3, -0.25) is 9.78 Å². The van der Waals surface area contributed by atoms with Gasteiger partial charge in [0.1, 0.15) is 11.5 Å². The second-order valence-corrected chi connectivity index (χ2v) is 6.93. The number of benzene rings is 2. The molecular weight excluding hydrogens is 392 g/mol. The number of carbonyl (C=O) groups excluding carboxylic acids is 2. The molecule has 0 aromatic heterocycles. The van der Waals surface area contributed by atoms with E-state index >= 15 is 0 Å². The summed E-state index contributed by atoms with van der Waals surface area (Å²) < 4.78 is 9.88. The first kappa shape index (κ1) is 22.7. The maximum atomic E-state index is 11.7. The minimum Gasteiger partial charge on any atom is -0.393 e. The summed E-state index contributed by atoms with van der Waals surface area (Å²) in [6, 6.07) is 16.8. The van der Waals surface area contributed by atoms with Gasteiger partial charge in [0.2, 0.25) is 0 Å². The number of para-hydroxylation sites is 2. The van der Waals surface area contributed by atoms with Gasteiger partial charge in [0.25, 0.3) is 0 Å². The molecule has 30 heavy (non-hydrogen) atoms. The van der Waals surface area contributed by atoms with Crippen LogP contribution < -0.4 is 9.47 Å². The van der Waals surface area contributed by atoms with Crippen molar-refractivity contribution in [2.24, 2.45) is 0 Å². The van der Waals surface area contributed by atoms with E-state index in [1.807, 2.05) is 0 Å². The minimum absolute atomic E-state index is 0.309. The Morgan fingerprint density at radius 1 is 0.633 bits per heavy atom. The van der Waals surface area contributed by atoms with Crippen molar-refractivity contribution in [1.82, 2.24) is 0 Å². The molecule has 8 heteroatoms. The van der Waals surface area contributed by atoms with Gasteiger partial charge in [-0.1, -0.05) is 48.2 Å². The fourth-order valence-corrected chi connectivity index (χ4v) is 1.82. The summed E-state index contributed by atoms with van der Waals surface area (Å²) in [5.41, 5.74) is -2.39. The second-order valence-electron chi connectivity index (χ2n) is 6.93. The van der Waals surface area contributed by atoms with Crippen molar-refractivity contribution in [3.05, 3.63) is 60.7 Å². The molecule has 0 aliphatic carbocycles. The predicted octanol–water partition coefficient (Wildman–Crippen LogP) is 4.84. The van der Waals surface area contributed by atoms with E-state index in [0.717, 1.165) is 0 Å². The zero-order valence-electron chi connectivity index (χ0n) is 17.0. The highest BCUT2D eigenvalue weighted by Crippen LogP contribution is 2.15. The summed E-state index contributed by atoms with van der Waals surface area (Å²) in [5.74, 6) is 6.08. The molecule has 0 aliphatic heterocycles. The molecule has 0 fully saturated rings. The van der Waals surface area contributed by atoms with Crippen LogP contribution in [0.1, 0.15) is 27.7 Å². The van der Waals surface area contributed by atoms with Crippen molar-refractivity contribution >= 4 is 12.3 Å². The Labute approximate surface area is 174 Å². The minimum atomic E-state index is -1.19. The van der Waals surface area contributed by atoms with Crippen molar-refractivity contribution in [3.63, 3.8) is 0 Å². The molecule has 0 unspecified atom stereocenters. The van der Waals surface area contributed by atoms with Gasteiger partial charge in [-0.25, -0.2) is 9.59 Å². The van der Waals surface area contributed by atoms with Crippen LogP contribution in [0.4, 0.5) is 9.59 Å². The van der Waals surface area contributed by atoms with Crippen LogP contribution in [0, 0.1) is 11.8 Å². The van der Waals surface area contributed by atoms with Crippen molar-refractivity contribution in [3.8, 4) is 23.3 Å². The summed E-state index contributed by atoms with van der Waals surface area (Å²) in [6.07, 6.45) is -2.09. The van der Waals surface area contributed by atoms with Gasteiger partial charge in [0.15, 0.2) is 11.2 Å². The molecule has 0 atom stereocenters. The normalized spacial score (nSPS) is 10.9. The van der Waals surface area contributed by atoms with Crippen LogP contribution in [0.3, 0.4) is 0 Å². The van der Waals surface area contributed by atoms with Crippen LogP contribution in [0.5, 0.6) is 11.5 Å². The lowest BCUT2D eigenvalue weighted by atomic mass is 10.1. The monoisotopic (exact) mass is 414 g/mol. The van der Waals surface area contributed by atoms with Gasteiger partial charge in [-0.15, -0.1) is 0 Å². The molecule has 0 aliphatic rings. The first-order chi connectivity index (χ1) is 14.2. The number of hydrogen-bond donors (Lipinski definition) is 0. The van der Waals surface area contributed by atoms with Gasteiger partial charge in [0, 0.05) is 0 Å². The van der Waals surface area contributed by atoms with E-state index in [4.69, 9.17) is 19.2 Å². The van der Waals surface area contributed by atoms with E-state index in [-0.39, 0.29) is 0 Å². The van der Waals surface area contributed by atoms with E-state index < -0.39 is 23.5 Å². The number of ether oxygens (including phenoxy) is 2. The third-order valence-corrected chi connectivity index (χ3v) is 3.19. The van der Waals surface area contributed by atoms with Gasteiger partial charge in [0.05, 0.1) is 0 Å². The number of carbonyl (C=O) groups is 2. The highest BCUT2D eigenvalue weighted by molar-refractivity contribution is 5.63. The third-order valence-electron chi connectivity index (χ3n) is 3.19. The van der Waals surface area contributed by atoms with E-state index in [1.165, 1.54) is 0 Å². The van der Waals surface area contributed by atoms with E-state index in [2.05, 4.69) is 21.6 Å². The molecule has 0 N–H and O–H groups in total. The van der Waals surface area contributed by atoms with Crippen LogP contribution in [-0.4, -0.2) is 23.5 Å².